The Hall–Kier alpha value is -1.14. The maximum Gasteiger partial charge on any atom is 0.119 e. The molecule has 1 rings (SSSR count). The molecule has 29 heavy (non-hydrogen) atoms. The van der Waals surface area contributed by atoms with Crippen LogP contribution in [-0.2, 0) is 24.4 Å². The minimum absolute atomic E-state index is 0.159. The second kappa shape index (κ2) is 14.0. The minimum Gasteiger partial charge on any atom is -0.491 e. The summed E-state index contributed by atoms with van der Waals surface area (Å²) in [5.41, 5.74) is 1.78. The van der Waals surface area contributed by atoms with Crippen LogP contribution >= 0.6 is 0 Å². The molecule has 5 nitrogen and oxygen atoms in total. The zero-order valence-corrected chi connectivity index (χ0v) is 19.4. The van der Waals surface area contributed by atoms with Crippen LogP contribution in [0.25, 0.3) is 0 Å². The van der Waals surface area contributed by atoms with Crippen molar-refractivity contribution >= 4 is 0 Å². The van der Waals surface area contributed by atoms with Gasteiger partial charge in [0.05, 0.1) is 46.2 Å². The molecule has 0 amide bonds. The van der Waals surface area contributed by atoms with Gasteiger partial charge in [-0.05, 0) is 34.9 Å². The van der Waals surface area contributed by atoms with Crippen LogP contribution in [-0.4, -0.2) is 59.5 Å². The summed E-state index contributed by atoms with van der Waals surface area (Å²) >= 11 is 0. The Kier molecular flexibility index (Phi) is 12.5. The topological polar surface area (TPSA) is 46.2 Å². The van der Waals surface area contributed by atoms with E-state index in [4.69, 9.17) is 23.7 Å². The summed E-state index contributed by atoms with van der Waals surface area (Å²) in [4.78, 5) is 0. The van der Waals surface area contributed by atoms with Crippen molar-refractivity contribution in [2.24, 2.45) is 5.41 Å². The molecule has 1 aromatic carbocycles. The highest BCUT2D eigenvalue weighted by Crippen LogP contribution is 2.24. The minimum atomic E-state index is 0.159. The van der Waals surface area contributed by atoms with E-state index < -0.39 is 0 Å². The van der Waals surface area contributed by atoms with Crippen molar-refractivity contribution < 1.29 is 23.7 Å². The van der Waals surface area contributed by atoms with Crippen LogP contribution < -0.4 is 4.74 Å². The molecule has 0 aliphatic heterocycles. The predicted molar refractivity (Wildman–Crippen MR) is 118 cm³/mol. The Labute approximate surface area is 178 Å². The Bertz CT molecular complexity index is 514. The summed E-state index contributed by atoms with van der Waals surface area (Å²) in [5, 5.41) is 0. The summed E-state index contributed by atoms with van der Waals surface area (Å²) < 4.78 is 27.7. The molecule has 168 valence electrons. The Morgan fingerprint density at radius 3 is 1.38 bits per heavy atom. The molecule has 0 saturated heterocycles. The van der Waals surface area contributed by atoms with Crippen LogP contribution in [0.4, 0.5) is 0 Å². The lowest BCUT2D eigenvalue weighted by atomic mass is 9.87. The fourth-order valence-corrected chi connectivity index (χ4v) is 2.41. The van der Waals surface area contributed by atoms with E-state index in [1.54, 1.807) is 0 Å². The van der Waals surface area contributed by atoms with Crippen molar-refractivity contribution in [1.82, 2.24) is 0 Å². The van der Waals surface area contributed by atoms with E-state index in [1.165, 1.54) is 5.56 Å². The lowest BCUT2D eigenvalue weighted by Crippen LogP contribution is -2.15. The van der Waals surface area contributed by atoms with E-state index >= 15 is 0 Å². The monoisotopic (exact) mass is 410 g/mol. The van der Waals surface area contributed by atoms with Crippen LogP contribution in [0.5, 0.6) is 5.75 Å². The number of hydrogen-bond donors (Lipinski definition) is 0. The lowest BCUT2D eigenvalue weighted by Gasteiger charge is -2.19. The first-order valence-electron chi connectivity index (χ1n) is 10.7. The smallest absolute Gasteiger partial charge is 0.119 e. The molecule has 0 atom stereocenters. The van der Waals surface area contributed by atoms with E-state index in [0.29, 0.717) is 58.3 Å². The number of ether oxygens (including phenoxy) is 5. The van der Waals surface area contributed by atoms with Gasteiger partial charge in [-0.25, -0.2) is 0 Å². The third-order valence-corrected chi connectivity index (χ3v) is 4.33. The van der Waals surface area contributed by atoms with Gasteiger partial charge in [0, 0.05) is 6.61 Å². The Morgan fingerprint density at radius 1 is 0.552 bits per heavy atom. The van der Waals surface area contributed by atoms with Crippen molar-refractivity contribution in [3.8, 4) is 5.75 Å². The Morgan fingerprint density at radius 2 is 0.966 bits per heavy atom. The van der Waals surface area contributed by atoms with Crippen molar-refractivity contribution in [3.63, 3.8) is 0 Å². The normalized spacial score (nSPS) is 12.3. The lowest BCUT2D eigenvalue weighted by molar-refractivity contribution is -0.00652. The molecule has 0 fully saturated rings. The summed E-state index contributed by atoms with van der Waals surface area (Å²) in [6.45, 7) is 18.6. The predicted octanol–water partition coefficient (Wildman–Crippen LogP) is 4.87. The SMILES string of the molecule is CC(C)(C)CCOCCOCCOCCOCCOc1ccc(C(C)(C)C)cc1. The fourth-order valence-electron chi connectivity index (χ4n) is 2.41. The molecule has 1 aromatic rings. The first-order valence-corrected chi connectivity index (χ1v) is 10.7. The van der Waals surface area contributed by atoms with Crippen molar-refractivity contribution in [3.05, 3.63) is 29.8 Å². The van der Waals surface area contributed by atoms with Gasteiger partial charge in [0.25, 0.3) is 0 Å². The van der Waals surface area contributed by atoms with E-state index in [2.05, 4.69) is 53.7 Å². The molecular weight excluding hydrogens is 368 g/mol. The maximum absolute atomic E-state index is 5.69. The molecular formula is C24H42O5. The molecule has 0 unspecified atom stereocenters. The van der Waals surface area contributed by atoms with Gasteiger partial charge in [-0.2, -0.15) is 0 Å². The first-order chi connectivity index (χ1) is 13.7. The van der Waals surface area contributed by atoms with E-state index in [9.17, 15) is 0 Å². The highest BCUT2D eigenvalue weighted by atomic mass is 16.6. The highest BCUT2D eigenvalue weighted by molar-refractivity contribution is 5.31. The molecule has 0 bridgehead atoms. The van der Waals surface area contributed by atoms with Gasteiger partial charge in [0.2, 0.25) is 0 Å². The first kappa shape index (κ1) is 25.9. The summed E-state index contributed by atoms with van der Waals surface area (Å²) in [6, 6.07) is 8.26. The summed E-state index contributed by atoms with van der Waals surface area (Å²) in [6.07, 6.45) is 1.06. The maximum atomic E-state index is 5.69. The third kappa shape index (κ3) is 14.5. The van der Waals surface area contributed by atoms with Crippen LogP contribution in [0.15, 0.2) is 24.3 Å². The van der Waals surface area contributed by atoms with Gasteiger partial charge in [-0.1, -0.05) is 53.7 Å². The van der Waals surface area contributed by atoms with Crippen molar-refractivity contribution in [1.29, 1.82) is 0 Å². The highest BCUT2D eigenvalue weighted by Gasteiger charge is 2.12. The number of rotatable bonds is 15. The standard InChI is InChI=1S/C24H42O5/c1-23(2,3)11-12-25-13-14-26-15-16-27-17-18-28-19-20-29-22-9-7-21(8-10-22)24(4,5)6/h7-10H,11-20H2,1-6H3. The van der Waals surface area contributed by atoms with Crippen LogP contribution in [0.1, 0.15) is 53.5 Å². The molecule has 0 N–H and O–H groups in total. The second-order valence-electron chi connectivity index (χ2n) is 9.38. The average molecular weight is 411 g/mol. The molecule has 0 saturated carbocycles. The summed E-state index contributed by atoms with van der Waals surface area (Å²) in [5.74, 6) is 0.873. The van der Waals surface area contributed by atoms with Gasteiger partial charge in [-0.3, -0.25) is 0 Å². The molecule has 0 heterocycles. The largest absolute Gasteiger partial charge is 0.491 e. The number of hydrogen-bond acceptors (Lipinski definition) is 5. The van der Waals surface area contributed by atoms with Crippen LogP contribution in [0.2, 0.25) is 0 Å². The van der Waals surface area contributed by atoms with Gasteiger partial charge >= 0.3 is 0 Å². The van der Waals surface area contributed by atoms with Crippen molar-refractivity contribution in [2.75, 3.05) is 59.5 Å². The van der Waals surface area contributed by atoms with Gasteiger partial charge < -0.3 is 23.7 Å². The molecule has 0 aromatic heterocycles. The molecule has 0 aliphatic carbocycles. The molecule has 0 radical (unpaired) electrons. The van der Waals surface area contributed by atoms with E-state index in [0.717, 1.165) is 18.8 Å². The Balaban J connectivity index is 1.86. The van der Waals surface area contributed by atoms with Crippen LogP contribution in [0.3, 0.4) is 0 Å². The third-order valence-electron chi connectivity index (χ3n) is 4.33. The van der Waals surface area contributed by atoms with E-state index in [-0.39, 0.29) is 5.41 Å². The molecule has 5 heteroatoms. The van der Waals surface area contributed by atoms with Gasteiger partial charge in [0.1, 0.15) is 12.4 Å². The zero-order chi connectivity index (χ0) is 21.6. The molecule has 0 spiro atoms. The van der Waals surface area contributed by atoms with Crippen LogP contribution in [0, 0.1) is 5.41 Å². The van der Waals surface area contributed by atoms with E-state index in [1.807, 2.05) is 12.1 Å². The fraction of sp³-hybridized carbons (Fsp3) is 0.750. The van der Waals surface area contributed by atoms with Gasteiger partial charge in [-0.15, -0.1) is 0 Å². The molecule has 0 aliphatic rings. The van der Waals surface area contributed by atoms with Gasteiger partial charge in [0.15, 0.2) is 0 Å². The number of benzene rings is 1. The summed E-state index contributed by atoms with van der Waals surface area (Å²) in [7, 11) is 0. The quantitative estimate of drug-likeness (QED) is 0.386. The average Bonchev–Trinajstić information content (AvgIpc) is 2.63. The second-order valence-corrected chi connectivity index (χ2v) is 9.38. The van der Waals surface area contributed by atoms with Crippen molar-refractivity contribution in [2.45, 2.75) is 53.4 Å². The zero-order valence-electron chi connectivity index (χ0n) is 19.4.